The number of hydrogen-bond acceptors (Lipinski definition) is 3. The monoisotopic (exact) mass is 336 g/mol. The minimum absolute atomic E-state index is 0.296. The lowest BCUT2D eigenvalue weighted by molar-refractivity contribution is 0.0950. The van der Waals surface area contributed by atoms with E-state index in [2.05, 4.69) is 20.7 Å². The van der Waals surface area contributed by atoms with Crippen molar-refractivity contribution in [1.29, 1.82) is 0 Å². The van der Waals surface area contributed by atoms with Gasteiger partial charge in [-0.3, -0.25) is 9.89 Å². The summed E-state index contributed by atoms with van der Waals surface area (Å²) < 4.78 is 13.1. The van der Waals surface area contributed by atoms with Crippen LogP contribution in [0.4, 0.5) is 4.39 Å². The summed E-state index contributed by atoms with van der Waals surface area (Å²) in [4.78, 5) is 12.1. The zero-order valence-electron chi connectivity index (χ0n) is 13.9. The normalized spacial score (nSPS) is 11.0. The fourth-order valence-electron chi connectivity index (χ4n) is 2.30. The number of hydrogen-bond donors (Lipinski definition) is 2. The summed E-state index contributed by atoms with van der Waals surface area (Å²) in [5.41, 5.74) is 7.21. The molecule has 2 N–H and O–H groups in total. The van der Waals surface area contributed by atoms with Gasteiger partial charge in [0, 0.05) is 5.56 Å². The van der Waals surface area contributed by atoms with Crippen molar-refractivity contribution in [3.05, 3.63) is 76.7 Å². The molecule has 0 spiro atoms. The molecule has 3 rings (SSSR count). The van der Waals surface area contributed by atoms with Gasteiger partial charge in [-0.1, -0.05) is 24.3 Å². The summed E-state index contributed by atoms with van der Waals surface area (Å²) in [5, 5.41) is 10.7. The highest BCUT2D eigenvalue weighted by Crippen LogP contribution is 2.20. The number of nitrogens with one attached hydrogen (secondary N) is 2. The Bertz CT molecular complexity index is 946. The third kappa shape index (κ3) is 3.98. The Balaban J connectivity index is 1.69. The van der Waals surface area contributed by atoms with E-state index >= 15 is 0 Å². The maximum Gasteiger partial charge on any atom is 0.289 e. The highest BCUT2D eigenvalue weighted by molar-refractivity contribution is 5.94. The molecule has 1 aromatic heterocycles. The van der Waals surface area contributed by atoms with Crippen molar-refractivity contribution in [3.63, 3.8) is 0 Å². The van der Waals surface area contributed by atoms with Crippen LogP contribution in [0.1, 0.15) is 27.2 Å². The van der Waals surface area contributed by atoms with Gasteiger partial charge in [0.1, 0.15) is 11.5 Å². The second-order valence-electron chi connectivity index (χ2n) is 5.72. The molecule has 0 unspecified atom stereocenters. The lowest BCUT2D eigenvalue weighted by atomic mass is 10.0. The Morgan fingerprint density at radius 2 is 2.00 bits per heavy atom. The topological polar surface area (TPSA) is 70.1 Å². The molecule has 25 heavy (non-hydrogen) atoms. The summed E-state index contributed by atoms with van der Waals surface area (Å²) in [6, 6.07) is 13.6. The first-order valence-electron chi connectivity index (χ1n) is 7.75. The van der Waals surface area contributed by atoms with Crippen LogP contribution in [0.2, 0.25) is 0 Å². The summed E-state index contributed by atoms with van der Waals surface area (Å²) in [6.07, 6.45) is 1.38. The molecule has 0 aliphatic heterocycles. The van der Waals surface area contributed by atoms with E-state index in [0.717, 1.165) is 11.1 Å². The van der Waals surface area contributed by atoms with Crippen LogP contribution in [0.25, 0.3) is 11.3 Å². The summed E-state index contributed by atoms with van der Waals surface area (Å²) in [7, 11) is 0. The first-order chi connectivity index (χ1) is 12.0. The largest absolute Gasteiger partial charge is 0.289 e. The van der Waals surface area contributed by atoms with E-state index in [1.807, 2.05) is 32.0 Å². The standard InChI is InChI=1S/C19H17FN4O/c1-12-6-7-15(8-13(12)2)17-10-18(23-22-17)19(25)24-21-11-14-4-3-5-16(20)9-14/h3-11H,1-2H3,(H,22,23)(H,24,25). The molecular weight excluding hydrogens is 319 g/mol. The first kappa shape index (κ1) is 16.6. The summed E-state index contributed by atoms with van der Waals surface area (Å²) in [6.45, 7) is 4.07. The molecule has 0 aliphatic rings. The van der Waals surface area contributed by atoms with Crippen molar-refractivity contribution in [3.8, 4) is 11.3 Å². The smallest absolute Gasteiger partial charge is 0.272 e. The molecule has 6 heteroatoms. The predicted molar refractivity (Wildman–Crippen MR) is 95.0 cm³/mol. The number of aromatic nitrogens is 2. The molecule has 2 aromatic carbocycles. The highest BCUT2D eigenvalue weighted by Gasteiger charge is 2.10. The van der Waals surface area contributed by atoms with Gasteiger partial charge in [-0.25, -0.2) is 9.82 Å². The van der Waals surface area contributed by atoms with Gasteiger partial charge in [0.2, 0.25) is 0 Å². The maximum absolute atomic E-state index is 13.1. The van der Waals surface area contributed by atoms with E-state index in [-0.39, 0.29) is 5.82 Å². The molecule has 5 nitrogen and oxygen atoms in total. The third-order valence-electron chi connectivity index (χ3n) is 3.85. The van der Waals surface area contributed by atoms with Gasteiger partial charge < -0.3 is 0 Å². The molecule has 0 radical (unpaired) electrons. The number of carbonyl (C=O) groups is 1. The average Bonchev–Trinajstić information content (AvgIpc) is 3.07. The second kappa shape index (κ2) is 7.09. The number of nitrogens with zero attached hydrogens (tertiary/aromatic N) is 2. The van der Waals surface area contributed by atoms with Gasteiger partial charge in [0.15, 0.2) is 0 Å². The van der Waals surface area contributed by atoms with Crippen LogP contribution in [0.15, 0.2) is 53.6 Å². The molecule has 1 heterocycles. The molecule has 0 fully saturated rings. The van der Waals surface area contributed by atoms with Gasteiger partial charge in [-0.05, 0) is 54.8 Å². The van der Waals surface area contributed by atoms with Crippen LogP contribution in [0, 0.1) is 19.7 Å². The molecular formula is C19H17FN4O. The summed E-state index contributed by atoms with van der Waals surface area (Å²) >= 11 is 0. The molecule has 0 saturated carbocycles. The minimum Gasteiger partial charge on any atom is -0.272 e. The maximum atomic E-state index is 13.1. The molecule has 3 aromatic rings. The van der Waals surface area contributed by atoms with E-state index in [1.54, 1.807) is 18.2 Å². The van der Waals surface area contributed by atoms with Crippen LogP contribution in [0.3, 0.4) is 0 Å². The third-order valence-corrected chi connectivity index (χ3v) is 3.85. The number of carbonyl (C=O) groups excluding carboxylic acids is 1. The van der Waals surface area contributed by atoms with Crippen molar-refractivity contribution in [1.82, 2.24) is 15.6 Å². The van der Waals surface area contributed by atoms with Gasteiger partial charge in [-0.15, -0.1) is 0 Å². The number of hydrazone groups is 1. The second-order valence-corrected chi connectivity index (χ2v) is 5.72. The van der Waals surface area contributed by atoms with E-state index < -0.39 is 5.91 Å². The quantitative estimate of drug-likeness (QED) is 0.564. The zero-order chi connectivity index (χ0) is 17.8. The first-order valence-corrected chi connectivity index (χ1v) is 7.75. The average molecular weight is 336 g/mol. The summed E-state index contributed by atoms with van der Waals surface area (Å²) in [5.74, 6) is -0.780. The van der Waals surface area contributed by atoms with Crippen molar-refractivity contribution in [2.75, 3.05) is 0 Å². The fraction of sp³-hybridized carbons (Fsp3) is 0.105. The Labute approximate surface area is 144 Å². The van der Waals surface area contributed by atoms with E-state index in [4.69, 9.17) is 0 Å². The molecule has 0 bridgehead atoms. The zero-order valence-corrected chi connectivity index (χ0v) is 13.9. The number of rotatable bonds is 4. The van der Waals surface area contributed by atoms with E-state index in [0.29, 0.717) is 17.0 Å². The van der Waals surface area contributed by atoms with Gasteiger partial charge in [0.25, 0.3) is 5.91 Å². The molecule has 1 amide bonds. The van der Waals surface area contributed by atoms with Crippen molar-refractivity contribution < 1.29 is 9.18 Å². The van der Waals surface area contributed by atoms with Crippen LogP contribution in [0.5, 0.6) is 0 Å². The number of aryl methyl sites for hydroxylation is 2. The molecule has 0 saturated heterocycles. The molecule has 126 valence electrons. The predicted octanol–water partition coefficient (Wildman–Crippen LogP) is 3.60. The molecule has 0 atom stereocenters. The van der Waals surface area contributed by atoms with Gasteiger partial charge in [0.05, 0.1) is 11.9 Å². The van der Waals surface area contributed by atoms with E-state index in [9.17, 15) is 9.18 Å². The van der Waals surface area contributed by atoms with E-state index in [1.165, 1.54) is 23.9 Å². The Morgan fingerprint density at radius 3 is 2.76 bits per heavy atom. The lowest BCUT2D eigenvalue weighted by Gasteiger charge is -2.01. The van der Waals surface area contributed by atoms with Crippen LogP contribution >= 0.6 is 0 Å². The number of amides is 1. The number of halogens is 1. The highest BCUT2D eigenvalue weighted by atomic mass is 19.1. The number of aromatic amines is 1. The van der Waals surface area contributed by atoms with Crippen LogP contribution in [-0.4, -0.2) is 22.3 Å². The number of H-pyrrole nitrogens is 1. The van der Waals surface area contributed by atoms with Crippen LogP contribution < -0.4 is 5.43 Å². The molecule has 0 aliphatic carbocycles. The van der Waals surface area contributed by atoms with Gasteiger partial charge >= 0.3 is 0 Å². The van der Waals surface area contributed by atoms with Crippen molar-refractivity contribution >= 4 is 12.1 Å². The Kier molecular flexibility index (Phi) is 4.70. The fourth-order valence-corrected chi connectivity index (χ4v) is 2.30. The number of benzene rings is 2. The van der Waals surface area contributed by atoms with Gasteiger partial charge in [-0.2, -0.15) is 10.2 Å². The Morgan fingerprint density at radius 1 is 1.16 bits per heavy atom. The Hall–Kier alpha value is -3.28. The minimum atomic E-state index is -0.421. The van der Waals surface area contributed by atoms with Crippen molar-refractivity contribution in [2.24, 2.45) is 5.10 Å². The van der Waals surface area contributed by atoms with Crippen LogP contribution in [-0.2, 0) is 0 Å². The van der Waals surface area contributed by atoms with Crippen molar-refractivity contribution in [2.45, 2.75) is 13.8 Å². The lowest BCUT2D eigenvalue weighted by Crippen LogP contribution is -2.18. The SMILES string of the molecule is Cc1ccc(-c2cc(C(=O)NN=Cc3cccc(F)c3)[nH]n2)cc1C.